The van der Waals surface area contributed by atoms with Crippen molar-refractivity contribution in [2.24, 2.45) is 5.92 Å². The third kappa shape index (κ3) is 1.74. The second kappa shape index (κ2) is 3.63. The Hall–Kier alpha value is -1.28. The molecule has 1 fully saturated rings. The molecule has 2 aromatic rings. The van der Waals surface area contributed by atoms with Crippen molar-refractivity contribution < 1.29 is 9.21 Å². The first kappa shape index (κ1) is 9.91. The van der Waals surface area contributed by atoms with Gasteiger partial charge in [0.2, 0.25) is 0 Å². The van der Waals surface area contributed by atoms with Crippen LogP contribution in [0.3, 0.4) is 0 Å². The second-order valence-corrected chi connectivity index (χ2v) is 4.74. The zero-order valence-corrected chi connectivity index (χ0v) is 9.46. The van der Waals surface area contributed by atoms with E-state index in [0.717, 1.165) is 5.39 Å². The van der Waals surface area contributed by atoms with Crippen LogP contribution in [0.25, 0.3) is 11.0 Å². The number of ketones is 1. The second-order valence-electron chi connectivity index (χ2n) is 4.33. The standard InChI is InChI=1S/C13H11ClO2/c14-10-2-1-3-12-9(10)7-13(16-12)11(15)6-8-4-5-8/h1-3,7-8H,4-6H2. The summed E-state index contributed by atoms with van der Waals surface area (Å²) in [6.07, 6.45) is 2.96. The fourth-order valence-corrected chi connectivity index (χ4v) is 2.07. The Morgan fingerprint density at radius 3 is 2.94 bits per heavy atom. The van der Waals surface area contributed by atoms with E-state index >= 15 is 0 Å². The van der Waals surface area contributed by atoms with Crippen molar-refractivity contribution in [1.82, 2.24) is 0 Å². The maximum Gasteiger partial charge on any atom is 0.198 e. The molecule has 1 heterocycles. The predicted molar refractivity (Wildman–Crippen MR) is 62.9 cm³/mol. The predicted octanol–water partition coefficient (Wildman–Crippen LogP) is 4.07. The lowest BCUT2D eigenvalue weighted by Gasteiger charge is -1.92. The topological polar surface area (TPSA) is 30.2 Å². The maximum atomic E-state index is 11.8. The number of furan rings is 1. The molecule has 0 bridgehead atoms. The van der Waals surface area contributed by atoms with Gasteiger partial charge in [0.15, 0.2) is 11.5 Å². The molecular weight excluding hydrogens is 224 g/mol. The van der Waals surface area contributed by atoms with E-state index in [1.807, 2.05) is 12.1 Å². The van der Waals surface area contributed by atoms with Crippen molar-refractivity contribution in [2.75, 3.05) is 0 Å². The molecule has 0 saturated heterocycles. The van der Waals surface area contributed by atoms with E-state index < -0.39 is 0 Å². The normalized spacial score (nSPS) is 15.6. The first-order valence-electron chi connectivity index (χ1n) is 5.45. The van der Waals surface area contributed by atoms with Gasteiger partial charge in [-0.25, -0.2) is 0 Å². The Kier molecular flexibility index (Phi) is 2.25. The van der Waals surface area contributed by atoms with E-state index in [-0.39, 0.29) is 5.78 Å². The van der Waals surface area contributed by atoms with Gasteiger partial charge in [-0.3, -0.25) is 4.79 Å². The molecule has 3 heteroatoms. The molecule has 0 aliphatic heterocycles. The average Bonchev–Trinajstić information content (AvgIpc) is 2.95. The summed E-state index contributed by atoms with van der Waals surface area (Å²) in [6, 6.07) is 7.20. The lowest BCUT2D eigenvalue weighted by molar-refractivity contribution is 0.0951. The number of hydrogen-bond donors (Lipinski definition) is 0. The van der Waals surface area contributed by atoms with Gasteiger partial charge in [0.1, 0.15) is 5.58 Å². The van der Waals surface area contributed by atoms with E-state index in [1.54, 1.807) is 12.1 Å². The number of carbonyl (C=O) groups is 1. The molecule has 0 N–H and O–H groups in total. The Morgan fingerprint density at radius 2 is 2.25 bits per heavy atom. The highest BCUT2D eigenvalue weighted by molar-refractivity contribution is 6.35. The van der Waals surface area contributed by atoms with Crippen LogP contribution in [0.5, 0.6) is 0 Å². The van der Waals surface area contributed by atoms with Crippen LogP contribution in [-0.2, 0) is 0 Å². The van der Waals surface area contributed by atoms with Crippen molar-refractivity contribution in [3.63, 3.8) is 0 Å². The number of halogens is 1. The summed E-state index contributed by atoms with van der Waals surface area (Å²) < 4.78 is 5.51. The van der Waals surface area contributed by atoms with E-state index in [0.29, 0.717) is 28.7 Å². The molecule has 82 valence electrons. The van der Waals surface area contributed by atoms with Crippen LogP contribution in [0.2, 0.25) is 5.02 Å². The highest BCUT2D eigenvalue weighted by Gasteiger charge is 2.26. The van der Waals surface area contributed by atoms with Gasteiger partial charge < -0.3 is 4.42 Å². The fourth-order valence-electron chi connectivity index (χ4n) is 1.85. The molecule has 1 aromatic heterocycles. The quantitative estimate of drug-likeness (QED) is 0.750. The van der Waals surface area contributed by atoms with Crippen molar-refractivity contribution in [3.05, 3.63) is 35.0 Å². The Bertz CT molecular complexity index is 552. The molecular formula is C13H11ClO2. The summed E-state index contributed by atoms with van der Waals surface area (Å²) in [6.45, 7) is 0. The third-order valence-corrected chi connectivity index (χ3v) is 3.28. The van der Waals surface area contributed by atoms with Crippen LogP contribution in [0.15, 0.2) is 28.7 Å². The first-order chi connectivity index (χ1) is 7.74. The molecule has 1 aromatic carbocycles. The van der Waals surface area contributed by atoms with Crippen LogP contribution in [0.4, 0.5) is 0 Å². The number of fused-ring (bicyclic) bond motifs is 1. The van der Waals surface area contributed by atoms with Gasteiger partial charge in [-0.2, -0.15) is 0 Å². The summed E-state index contributed by atoms with van der Waals surface area (Å²) in [5, 5.41) is 1.45. The van der Waals surface area contributed by atoms with Crippen LogP contribution >= 0.6 is 11.6 Å². The monoisotopic (exact) mass is 234 g/mol. The summed E-state index contributed by atoms with van der Waals surface area (Å²) in [5.41, 5.74) is 0.687. The SMILES string of the molecule is O=C(CC1CC1)c1cc2c(Cl)cccc2o1. The zero-order chi connectivity index (χ0) is 11.1. The molecule has 2 nitrogen and oxygen atoms in total. The van der Waals surface area contributed by atoms with Crippen LogP contribution in [0, 0.1) is 5.92 Å². The minimum absolute atomic E-state index is 0.0924. The highest BCUT2D eigenvalue weighted by atomic mass is 35.5. The summed E-state index contributed by atoms with van der Waals surface area (Å²) in [5.74, 6) is 1.11. The molecule has 3 rings (SSSR count). The molecule has 0 unspecified atom stereocenters. The molecule has 16 heavy (non-hydrogen) atoms. The van der Waals surface area contributed by atoms with Gasteiger partial charge in [0.25, 0.3) is 0 Å². The van der Waals surface area contributed by atoms with Gasteiger partial charge in [0.05, 0.1) is 5.02 Å². The molecule has 1 aliphatic rings. The van der Waals surface area contributed by atoms with Crippen molar-refractivity contribution >= 4 is 28.4 Å². The third-order valence-electron chi connectivity index (χ3n) is 2.95. The van der Waals surface area contributed by atoms with Crippen molar-refractivity contribution in [3.8, 4) is 0 Å². The lowest BCUT2D eigenvalue weighted by atomic mass is 10.1. The Labute approximate surface area is 98.2 Å². The van der Waals surface area contributed by atoms with Crippen LogP contribution in [0.1, 0.15) is 29.8 Å². The molecule has 1 aliphatic carbocycles. The Morgan fingerprint density at radius 1 is 1.44 bits per heavy atom. The van der Waals surface area contributed by atoms with Gasteiger partial charge in [-0.05, 0) is 37.0 Å². The highest BCUT2D eigenvalue weighted by Crippen LogP contribution is 2.34. The molecule has 0 spiro atoms. The number of benzene rings is 1. The van der Waals surface area contributed by atoms with Gasteiger partial charge >= 0.3 is 0 Å². The number of hydrogen-bond acceptors (Lipinski definition) is 2. The van der Waals surface area contributed by atoms with Crippen LogP contribution < -0.4 is 0 Å². The Balaban J connectivity index is 1.97. The summed E-state index contributed by atoms with van der Waals surface area (Å²) >= 11 is 6.02. The lowest BCUT2D eigenvalue weighted by Crippen LogP contribution is -1.97. The summed E-state index contributed by atoms with van der Waals surface area (Å²) in [4.78, 5) is 11.8. The minimum atomic E-state index is 0.0924. The van der Waals surface area contributed by atoms with Gasteiger partial charge in [0, 0.05) is 11.8 Å². The van der Waals surface area contributed by atoms with E-state index in [1.165, 1.54) is 12.8 Å². The average molecular weight is 235 g/mol. The fraction of sp³-hybridized carbons (Fsp3) is 0.308. The van der Waals surface area contributed by atoms with E-state index in [2.05, 4.69) is 0 Å². The summed E-state index contributed by atoms with van der Waals surface area (Å²) in [7, 11) is 0. The first-order valence-corrected chi connectivity index (χ1v) is 5.83. The van der Waals surface area contributed by atoms with Gasteiger partial charge in [-0.1, -0.05) is 17.7 Å². The maximum absolute atomic E-state index is 11.8. The number of Topliss-reactive ketones (excluding diaryl/α,β-unsaturated/α-hetero) is 1. The molecule has 0 atom stereocenters. The van der Waals surface area contributed by atoms with Crippen molar-refractivity contribution in [2.45, 2.75) is 19.3 Å². The van der Waals surface area contributed by atoms with Gasteiger partial charge in [-0.15, -0.1) is 0 Å². The number of carbonyl (C=O) groups excluding carboxylic acids is 1. The minimum Gasteiger partial charge on any atom is -0.453 e. The molecule has 0 radical (unpaired) electrons. The van der Waals surface area contributed by atoms with Crippen LogP contribution in [-0.4, -0.2) is 5.78 Å². The smallest absolute Gasteiger partial charge is 0.198 e. The zero-order valence-electron chi connectivity index (χ0n) is 8.70. The molecule has 1 saturated carbocycles. The van der Waals surface area contributed by atoms with E-state index in [4.69, 9.17) is 16.0 Å². The van der Waals surface area contributed by atoms with Crippen molar-refractivity contribution in [1.29, 1.82) is 0 Å². The number of rotatable bonds is 3. The largest absolute Gasteiger partial charge is 0.453 e. The molecule has 0 amide bonds. The van der Waals surface area contributed by atoms with E-state index in [9.17, 15) is 4.79 Å².